The maximum absolute atomic E-state index is 8.96. The second kappa shape index (κ2) is 5.67. The van der Waals surface area contributed by atoms with E-state index in [1.807, 2.05) is 14.0 Å². The van der Waals surface area contributed by atoms with E-state index in [1.54, 1.807) is 0 Å². The number of anilines is 2. The van der Waals surface area contributed by atoms with Crippen molar-refractivity contribution in [3.63, 3.8) is 0 Å². The van der Waals surface area contributed by atoms with E-state index in [4.69, 9.17) is 11.0 Å². The summed E-state index contributed by atoms with van der Waals surface area (Å²) < 4.78 is 4.15. The molecule has 2 rings (SSSR count). The van der Waals surface area contributed by atoms with Crippen LogP contribution in [0.1, 0.15) is 23.5 Å². The van der Waals surface area contributed by atoms with Gasteiger partial charge in [0.15, 0.2) is 5.82 Å². The summed E-state index contributed by atoms with van der Waals surface area (Å²) in [6, 6.07) is 2.06. The summed E-state index contributed by atoms with van der Waals surface area (Å²) in [5.41, 5.74) is 6.83. The zero-order chi connectivity index (χ0) is 13.8. The van der Waals surface area contributed by atoms with Gasteiger partial charge in [-0.2, -0.15) is 14.7 Å². The van der Waals surface area contributed by atoms with Crippen LogP contribution in [0.15, 0.2) is 0 Å². The van der Waals surface area contributed by atoms with Gasteiger partial charge in [-0.1, -0.05) is 0 Å². The fourth-order valence-corrected chi connectivity index (χ4v) is 2.39. The molecule has 3 N–H and O–H groups in total. The number of rotatable bonds is 5. The largest absolute Gasteiger partial charge is 0.381 e. The Kier molecular flexibility index (Phi) is 3.97. The predicted octanol–water partition coefficient (Wildman–Crippen LogP) is 1.09. The van der Waals surface area contributed by atoms with Crippen molar-refractivity contribution in [3.05, 3.63) is 17.1 Å². The van der Waals surface area contributed by atoms with Gasteiger partial charge in [0.2, 0.25) is 5.13 Å². The fourth-order valence-electron chi connectivity index (χ4n) is 1.73. The third kappa shape index (κ3) is 3.00. The van der Waals surface area contributed by atoms with Gasteiger partial charge < -0.3 is 10.6 Å². The van der Waals surface area contributed by atoms with Gasteiger partial charge in [0.25, 0.3) is 0 Å². The lowest BCUT2D eigenvalue weighted by Crippen LogP contribution is -2.18. The number of nitrogens with one attached hydrogen (secondary N) is 1. The summed E-state index contributed by atoms with van der Waals surface area (Å²) in [5, 5.41) is 16.5. The van der Waals surface area contributed by atoms with Crippen molar-refractivity contribution in [2.45, 2.75) is 19.8 Å². The zero-order valence-electron chi connectivity index (χ0n) is 10.8. The molecule has 0 atom stereocenters. The van der Waals surface area contributed by atoms with Crippen molar-refractivity contribution in [3.8, 4) is 6.07 Å². The van der Waals surface area contributed by atoms with Crippen molar-refractivity contribution in [2.75, 3.05) is 24.2 Å². The first-order valence-electron chi connectivity index (χ1n) is 5.86. The van der Waals surface area contributed by atoms with Gasteiger partial charge in [-0.05, 0) is 19.8 Å². The number of hydrogen-bond acceptors (Lipinski definition) is 7. The van der Waals surface area contributed by atoms with Crippen molar-refractivity contribution in [1.82, 2.24) is 19.6 Å². The highest BCUT2D eigenvalue weighted by Crippen LogP contribution is 2.17. The van der Waals surface area contributed by atoms with E-state index >= 15 is 0 Å². The van der Waals surface area contributed by atoms with Crippen molar-refractivity contribution < 1.29 is 0 Å². The van der Waals surface area contributed by atoms with Crippen LogP contribution in [0.5, 0.6) is 0 Å². The highest BCUT2D eigenvalue weighted by molar-refractivity contribution is 7.09. The Morgan fingerprint density at radius 2 is 2.32 bits per heavy atom. The molecule has 8 heteroatoms. The van der Waals surface area contributed by atoms with Crippen molar-refractivity contribution in [1.29, 1.82) is 5.26 Å². The summed E-state index contributed by atoms with van der Waals surface area (Å²) in [7, 11) is 1.98. The lowest BCUT2D eigenvalue weighted by atomic mass is 10.1. The average molecular weight is 277 g/mol. The molecular weight excluding hydrogens is 262 g/mol. The number of aromatic nitrogens is 4. The molecule has 0 saturated carbocycles. The van der Waals surface area contributed by atoms with Gasteiger partial charge in [0.1, 0.15) is 17.5 Å². The summed E-state index contributed by atoms with van der Waals surface area (Å²) >= 11 is 1.39. The Morgan fingerprint density at radius 1 is 1.53 bits per heavy atom. The number of nitrogens with two attached hydrogens (primary N) is 1. The van der Waals surface area contributed by atoms with E-state index < -0.39 is 0 Å². The highest BCUT2D eigenvalue weighted by atomic mass is 32.1. The molecule has 0 aliphatic rings. The lowest BCUT2D eigenvalue weighted by molar-refractivity contribution is 0.763. The Labute approximate surface area is 115 Å². The molecule has 7 nitrogen and oxygen atoms in total. The van der Waals surface area contributed by atoms with E-state index in [-0.39, 0.29) is 5.82 Å². The van der Waals surface area contributed by atoms with Crippen LogP contribution >= 0.6 is 11.5 Å². The number of nitriles is 1. The van der Waals surface area contributed by atoms with Gasteiger partial charge in [0, 0.05) is 25.1 Å². The first-order chi connectivity index (χ1) is 9.11. The molecule has 0 radical (unpaired) electrons. The molecule has 2 aromatic rings. The lowest BCUT2D eigenvalue weighted by Gasteiger charge is -2.14. The van der Waals surface area contributed by atoms with Crippen LogP contribution in [0.4, 0.5) is 10.9 Å². The zero-order valence-corrected chi connectivity index (χ0v) is 11.7. The van der Waals surface area contributed by atoms with Crippen LogP contribution in [0, 0.1) is 18.3 Å². The van der Waals surface area contributed by atoms with Crippen LogP contribution < -0.4 is 10.6 Å². The maximum Gasteiger partial charge on any atom is 0.204 e. The first-order valence-corrected chi connectivity index (χ1v) is 6.63. The topological polar surface area (TPSA) is 108 Å². The second-order valence-electron chi connectivity index (χ2n) is 4.22. The number of nitrogen functional groups attached to an aromatic ring is 1. The molecule has 0 aromatic carbocycles. The summed E-state index contributed by atoms with van der Waals surface area (Å²) in [5.74, 6) is 1.06. The number of hydrogen-bond donors (Lipinski definition) is 2. The fraction of sp³-hybridized carbons (Fsp3) is 0.455. The van der Waals surface area contributed by atoms with Gasteiger partial charge in [-0.25, -0.2) is 4.98 Å². The molecule has 0 amide bonds. The van der Waals surface area contributed by atoms with Gasteiger partial charge in [-0.3, -0.25) is 5.10 Å². The minimum Gasteiger partial charge on any atom is -0.381 e. The molecule has 0 unspecified atom stereocenters. The molecule has 19 heavy (non-hydrogen) atoms. The van der Waals surface area contributed by atoms with E-state index in [0.717, 1.165) is 36.0 Å². The first kappa shape index (κ1) is 13.3. The number of nitrogens with zero attached hydrogens (tertiary/aromatic N) is 5. The smallest absolute Gasteiger partial charge is 0.204 e. The normalized spacial score (nSPS) is 10.4. The standard InChI is InChI=1S/C11H15N7S/c1-7-14-11(19-17-7)18(2)5-3-4-9-8(6-12)10(13)16-15-9/h3-5H2,1-2H3,(H3,13,15,16). The molecule has 0 saturated heterocycles. The van der Waals surface area contributed by atoms with Crippen LogP contribution in [0.2, 0.25) is 0 Å². The minimum atomic E-state index is 0.269. The van der Waals surface area contributed by atoms with Crippen molar-refractivity contribution >= 4 is 22.5 Å². The average Bonchev–Trinajstić information content (AvgIpc) is 2.96. The Hall–Kier alpha value is -2.14. The SMILES string of the molecule is Cc1nsc(N(C)CCCc2[nH]nc(N)c2C#N)n1. The predicted molar refractivity (Wildman–Crippen MR) is 74.0 cm³/mol. The second-order valence-corrected chi connectivity index (χ2v) is 4.95. The molecule has 0 aliphatic heterocycles. The summed E-state index contributed by atoms with van der Waals surface area (Å²) in [6.45, 7) is 2.71. The third-order valence-electron chi connectivity index (χ3n) is 2.74. The molecule has 0 aliphatic carbocycles. The number of H-pyrrole nitrogens is 1. The van der Waals surface area contributed by atoms with E-state index in [9.17, 15) is 0 Å². The summed E-state index contributed by atoms with van der Waals surface area (Å²) in [4.78, 5) is 6.37. The molecule has 0 bridgehead atoms. The maximum atomic E-state index is 8.96. The Balaban J connectivity index is 1.88. The Bertz CT molecular complexity index is 594. The number of aromatic amines is 1. The minimum absolute atomic E-state index is 0.269. The molecule has 100 valence electrons. The van der Waals surface area contributed by atoms with Gasteiger partial charge in [0.05, 0.1) is 5.69 Å². The van der Waals surface area contributed by atoms with Crippen molar-refractivity contribution in [2.24, 2.45) is 0 Å². The van der Waals surface area contributed by atoms with Crippen LogP contribution in [-0.4, -0.2) is 33.1 Å². The van der Waals surface area contributed by atoms with E-state index in [0.29, 0.717) is 5.56 Å². The highest BCUT2D eigenvalue weighted by Gasteiger charge is 2.11. The quantitative estimate of drug-likeness (QED) is 0.847. The summed E-state index contributed by atoms with van der Waals surface area (Å²) in [6.07, 6.45) is 1.61. The van der Waals surface area contributed by atoms with E-state index in [1.165, 1.54) is 11.5 Å². The van der Waals surface area contributed by atoms with Gasteiger partial charge in [-0.15, -0.1) is 0 Å². The third-order valence-corrected chi connectivity index (χ3v) is 3.67. The molecule has 2 heterocycles. The van der Waals surface area contributed by atoms with Crippen LogP contribution in [0.3, 0.4) is 0 Å². The molecule has 0 fully saturated rings. The molecule has 2 aromatic heterocycles. The van der Waals surface area contributed by atoms with Gasteiger partial charge >= 0.3 is 0 Å². The van der Waals surface area contributed by atoms with Crippen LogP contribution in [-0.2, 0) is 6.42 Å². The Morgan fingerprint density at radius 3 is 2.95 bits per heavy atom. The van der Waals surface area contributed by atoms with E-state index in [2.05, 4.69) is 30.5 Å². The number of aryl methyl sites for hydroxylation is 2. The van der Waals surface area contributed by atoms with Crippen LogP contribution in [0.25, 0.3) is 0 Å². The monoisotopic (exact) mass is 277 g/mol. The molecular formula is C11H15N7S. The molecule has 0 spiro atoms.